The Labute approximate surface area is 84.2 Å². The summed E-state index contributed by atoms with van der Waals surface area (Å²) in [6, 6.07) is 10.1. The quantitative estimate of drug-likeness (QED) is 0.733. The van der Waals surface area contributed by atoms with E-state index in [-0.39, 0.29) is 5.54 Å². The first-order valence-corrected chi connectivity index (χ1v) is 4.78. The number of hydrazone groups is 1. The number of amidine groups is 1. The van der Waals surface area contributed by atoms with Crippen LogP contribution in [-0.2, 0) is 0 Å². The standard InChI is InChI=1S/C11H15N3/c1-11(2)8-10(12)13-14(11)9-6-4-3-5-7-9/h3-7H,8H2,1-2H3,(H2,12,13). The summed E-state index contributed by atoms with van der Waals surface area (Å²) in [5.41, 5.74) is 6.83. The van der Waals surface area contributed by atoms with Crippen LogP contribution in [-0.4, -0.2) is 11.4 Å². The second kappa shape index (κ2) is 3.01. The Morgan fingerprint density at radius 2 is 1.93 bits per heavy atom. The van der Waals surface area contributed by atoms with E-state index in [1.54, 1.807) is 0 Å². The zero-order valence-electron chi connectivity index (χ0n) is 8.57. The molecule has 0 amide bonds. The Kier molecular flexibility index (Phi) is 1.95. The van der Waals surface area contributed by atoms with Gasteiger partial charge in [-0.25, -0.2) is 0 Å². The van der Waals surface area contributed by atoms with Crippen LogP contribution in [0, 0.1) is 0 Å². The van der Waals surface area contributed by atoms with E-state index >= 15 is 0 Å². The van der Waals surface area contributed by atoms with Crippen molar-refractivity contribution in [1.29, 1.82) is 0 Å². The van der Waals surface area contributed by atoms with Crippen LogP contribution in [0.3, 0.4) is 0 Å². The molecule has 1 aromatic carbocycles. The number of benzene rings is 1. The van der Waals surface area contributed by atoms with Gasteiger partial charge in [0.25, 0.3) is 0 Å². The van der Waals surface area contributed by atoms with Crippen molar-refractivity contribution in [1.82, 2.24) is 0 Å². The average molecular weight is 189 g/mol. The molecule has 3 heteroatoms. The van der Waals surface area contributed by atoms with Crippen LogP contribution in [0.15, 0.2) is 35.4 Å². The largest absolute Gasteiger partial charge is 0.386 e. The van der Waals surface area contributed by atoms with E-state index in [1.807, 2.05) is 35.3 Å². The normalized spacial score (nSPS) is 19.6. The number of para-hydroxylation sites is 1. The Hall–Kier alpha value is -1.51. The molecule has 0 aromatic heterocycles. The van der Waals surface area contributed by atoms with E-state index in [0.29, 0.717) is 5.84 Å². The van der Waals surface area contributed by atoms with Crippen LogP contribution in [0.2, 0.25) is 0 Å². The number of nitrogens with two attached hydrogens (primary N) is 1. The smallest absolute Gasteiger partial charge is 0.122 e. The summed E-state index contributed by atoms with van der Waals surface area (Å²) < 4.78 is 0. The minimum atomic E-state index is -0.00850. The molecule has 1 heterocycles. The van der Waals surface area contributed by atoms with Crippen LogP contribution in [0.4, 0.5) is 5.69 Å². The molecule has 0 fully saturated rings. The zero-order valence-corrected chi connectivity index (χ0v) is 8.57. The summed E-state index contributed by atoms with van der Waals surface area (Å²) in [5.74, 6) is 0.707. The molecule has 0 saturated heterocycles. The maximum absolute atomic E-state index is 5.75. The Balaban J connectivity index is 2.35. The molecule has 14 heavy (non-hydrogen) atoms. The molecule has 74 valence electrons. The van der Waals surface area contributed by atoms with E-state index in [1.165, 1.54) is 0 Å². The maximum atomic E-state index is 5.75. The van der Waals surface area contributed by atoms with Crippen LogP contribution < -0.4 is 10.7 Å². The van der Waals surface area contributed by atoms with Crippen molar-refractivity contribution in [3.63, 3.8) is 0 Å². The van der Waals surface area contributed by atoms with Gasteiger partial charge in [-0.2, -0.15) is 5.10 Å². The predicted molar refractivity (Wildman–Crippen MR) is 59.2 cm³/mol. The third kappa shape index (κ3) is 1.45. The summed E-state index contributed by atoms with van der Waals surface area (Å²) in [7, 11) is 0. The molecule has 0 bridgehead atoms. The van der Waals surface area contributed by atoms with Crippen molar-refractivity contribution in [2.45, 2.75) is 25.8 Å². The van der Waals surface area contributed by atoms with Crippen molar-refractivity contribution >= 4 is 11.5 Å². The zero-order chi connectivity index (χ0) is 10.2. The first-order valence-electron chi connectivity index (χ1n) is 4.78. The lowest BCUT2D eigenvalue weighted by atomic mass is 10.0. The van der Waals surface area contributed by atoms with Gasteiger partial charge in [-0.15, -0.1) is 0 Å². The Morgan fingerprint density at radius 1 is 1.29 bits per heavy atom. The minimum Gasteiger partial charge on any atom is -0.386 e. The fourth-order valence-corrected chi connectivity index (χ4v) is 1.79. The lowest BCUT2D eigenvalue weighted by Gasteiger charge is -2.30. The molecule has 2 rings (SSSR count). The molecule has 2 N–H and O–H groups in total. The molecular formula is C11H15N3. The molecule has 0 atom stereocenters. The molecule has 1 aliphatic rings. The van der Waals surface area contributed by atoms with Gasteiger partial charge in [0.05, 0.1) is 11.2 Å². The van der Waals surface area contributed by atoms with E-state index < -0.39 is 0 Å². The summed E-state index contributed by atoms with van der Waals surface area (Å²) in [6.07, 6.45) is 0.821. The summed E-state index contributed by atoms with van der Waals surface area (Å²) in [6.45, 7) is 4.28. The van der Waals surface area contributed by atoms with Crippen molar-refractivity contribution < 1.29 is 0 Å². The molecule has 1 aromatic rings. The van der Waals surface area contributed by atoms with Gasteiger partial charge in [0.1, 0.15) is 5.84 Å². The highest BCUT2D eigenvalue weighted by molar-refractivity contribution is 5.85. The molecular weight excluding hydrogens is 174 g/mol. The first kappa shape index (κ1) is 9.06. The molecule has 0 aliphatic carbocycles. The van der Waals surface area contributed by atoms with Crippen LogP contribution >= 0.6 is 0 Å². The highest BCUT2D eigenvalue weighted by atomic mass is 15.5. The van der Waals surface area contributed by atoms with E-state index in [9.17, 15) is 0 Å². The highest BCUT2D eigenvalue weighted by Gasteiger charge is 2.33. The Morgan fingerprint density at radius 3 is 2.43 bits per heavy atom. The van der Waals surface area contributed by atoms with Crippen LogP contribution in [0.25, 0.3) is 0 Å². The maximum Gasteiger partial charge on any atom is 0.122 e. The monoisotopic (exact) mass is 189 g/mol. The molecule has 0 spiro atoms. The number of hydrogen-bond acceptors (Lipinski definition) is 3. The number of rotatable bonds is 1. The van der Waals surface area contributed by atoms with Crippen molar-refractivity contribution in [3.05, 3.63) is 30.3 Å². The molecule has 3 nitrogen and oxygen atoms in total. The van der Waals surface area contributed by atoms with Crippen molar-refractivity contribution in [2.75, 3.05) is 5.01 Å². The number of anilines is 1. The average Bonchev–Trinajstić information content (AvgIpc) is 2.41. The number of hydrogen-bond donors (Lipinski definition) is 1. The summed E-state index contributed by atoms with van der Waals surface area (Å²) in [4.78, 5) is 0. The molecule has 1 aliphatic heterocycles. The molecule has 0 saturated carbocycles. The predicted octanol–water partition coefficient (Wildman–Crippen LogP) is 1.95. The van der Waals surface area contributed by atoms with Crippen LogP contribution in [0.5, 0.6) is 0 Å². The van der Waals surface area contributed by atoms with E-state index in [2.05, 4.69) is 18.9 Å². The van der Waals surface area contributed by atoms with Gasteiger partial charge in [-0.05, 0) is 26.0 Å². The lowest BCUT2D eigenvalue weighted by molar-refractivity contribution is 0.515. The van der Waals surface area contributed by atoms with Gasteiger partial charge in [0.2, 0.25) is 0 Å². The van der Waals surface area contributed by atoms with Gasteiger partial charge in [0, 0.05) is 6.42 Å². The van der Waals surface area contributed by atoms with Gasteiger partial charge in [0.15, 0.2) is 0 Å². The minimum absolute atomic E-state index is 0.00850. The third-order valence-corrected chi connectivity index (χ3v) is 2.42. The van der Waals surface area contributed by atoms with Gasteiger partial charge in [-0.1, -0.05) is 18.2 Å². The van der Waals surface area contributed by atoms with E-state index in [4.69, 9.17) is 5.73 Å². The highest BCUT2D eigenvalue weighted by Crippen LogP contribution is 2.30. The fourth-order valence-electron chi connectivity index (χ4n) is 1.79. The molecule has 0 unspecified atom stereocenters. The lowest BCUT2D eigenvalue weighted by Crippen LogP contribution is -2.36. The van der Waals surface area contributed by atoms with Gasteiger partial charge in [-0.3, -0.25) is 5.01 Å². The third-order valence-electron chi connectivity index (χ3n) is 2.42. The summed E-state index contributed by atoms with van der Waals surface area (Å²) in [5, 5.41) is 6.33. The first-order chi connectivity index (χ1) is 6.59. The fraction of sp³-hybridized carbons (Fsp3) is 0.364. The SMILES string of the molecule is CC1(C)CC(N)=NN1c1ccccc1. The topological polar surface area (TPSA) is 41.6 Å². The van der Waals surface area contributed by atoms with Crippen LogP contribution in [0.1, 0.15) is 20.3 Å². The molecule has 0 radical (unpaired) electrons. The van der Waals surface area contributed by atoms with Crippen molar-refractivity contribution in [2.24, 2.45) is 10.8 Å². The second-order valence-electron chi connectivity index (χ2n) is 4.23. The van der Waals surface area contributed by atoms with Gasteiger partial charge >= 0.3 is 0 Å². The number of nitrogens with zero attached hydrogens (tertiary/aromatic N) is 2. The van der Waals surface area contributed by atoms with E-state index in [0.717, 1.165) is 12.1 Å². The van der Waals surface area contributed by atoms with Crippen molar-refractivity contribution in [3.8, 4) is 0 Å². The second-order valence-corrected chi connectivity index (χ2v) is 4.23. The summed E-state index contributed by atoms with van der Waals surface area (Å²) >= 11 is 0. The Bertz CT molecular complexity index is 354. The van der Waals surface area contributed by atoms with Gasteiger partial charge < -0.3 is 5.73 Å².